The molecule has 2 rings (SSSR count). The van der Waals surface area contributed by atoms with Crippen LogP contribution in [0.1, 0.15) is 19.3 Å². The minimum atomic E-state index is -3.28. The van der Waals surface area contributed by atoms with Gasteiger partial charge in [0.15, 0.2) is 9.84 Å². The smallest absolute Gasteiger partial charge is 0.178 e. The Kier molecular flexibility index (Phi) is 2.78. The fourth-order valence-electron chi connectivity index (χ4n) is 1.51. The largest absolute Gasteiger partial charge is 0.224 e. The van der Waals surface area contributed by atoms with Crippen molar-refractivity contribution in [3.63, 3.8) is 0 Å². The van der Waals surface area contributed by atoms with Crippen LogP contribution in [0.3, 0.4) is 0 Å². The Morgan fingerprint density at radius 1 is 1.33 bits per heavy atom. The molecule has 1 fully saturated rings. The average molecular weight is 228 g/mol. The van der Waals surface area contributed by atoms with E-state index < -0.39 is 15.7 Å². The summed E-state index contributed by atoms with van der Waals surface area (Å²) in [6.45, 7) is 0. The first kappa shape index (κ1) is 10.6. The summed E-state index contributed by atoms with van der Waals surface area (Å²) in [6.07, 6.45) is 2.98. The molecule has 0 aromatic heterocycles. The summed E-state index contributed by atoms with van der Waals surface area (Å²) in [5.41, 5.74) is 0. The highest BCUT2D eigenvalue weighted by Gasteiger charge is 2.24. The summed E-state index contributed by atoms with van der Waals surface area (Å²) < 4.78 is 36.3. The highest BCUT2D eigenvalue weighted by atomic mass is 32.2. The van der Waals surface area contributed by atoms with Gasteiger partial charge in [-0.15, -0.1) is 0 Å². The lowest BCUT2D eigenvalue weighted by molar-refractivity contribution is 0.586. The lowest BCUT2D eigenvalue weighted by atomic mass is 10.3. The quantitative estimate of drug-likeness (QED) is 0.793. The van der Waals surface area contributed by atoms with Crippen molar-refractivity contribution in [2.24, 2.45) is 5.92 Å². The molecule has 0 bridgehead atoms. The van der Waals surface area contributed by atoms with Crippen molar-refractivity contribution in [1.29, 1.82) is 0 Å². The van der Waals surface area contributed by atoms with Crippen molar-refractivity contribution in [1.82, 2.24) is 0 Å². The highest BCUT2D eigenvalue weighted by Crippen LogP contribution is 2.33. The topological polar surface area (TPSA) is 34.1 Å². The Morgan fingerprint density at radius 2 is 2.07 bits per heavy atom. The molecule has 0 atom stereocenters. The van der Waals surface area contributed by atoms with Gasteiger partial charge in [-0.3, -0.25) is 0 Å². The molecule has 1 aliphatic carbocycles. The molecule has 0 radical (unpaired) electrons. The Labute approximate surface area is 89.0 Å². The summed E-state index contributed by atoms with van der Waals surface area (Å²) in [6, 6.07) is 5.22. The molecule has 0 spiro atoms. The molecule has 0 amide bonds. The van der Waals surface area contributed by atoms with Crippen LogP contribution < -0.4 is 0 Å². The lowest BCUT2D eigenvalue weighted by Gasteiger charge is -2.03. The van der Waals surface area contributed by atoms with Crippen molar-refractivity contribution in [2.45, 2.75) is 24.2 Å². The van der Waals surface area contributed by atoms with E-state index in [0.29, 0.717) is 12.3 Å². The van der Waals surface area contributed by atoms with Crippen LogP contribution in [-0.2, 0) is 9.84 Å². The van der Waals surface area contributed by atoms with Crippen LogP contribution in [-0.4, -0.2) is 14.2 Å². The average Bonchev–Trinajstić information content (AvgIpc) is 2.98. The van der Waals surface area contributed by atoms with Gasteiger partial charge in [0.05, 0.1) is 10.6 Å². The third-order valence-corrected chi connectivity index (χ3v) is 4.39. The van der Waals surface area contributed by atoms with Crippen molar-refractivity contribution in [3.05, 3.63) is 30.1 Å². The number of sulfone groups is 1. The van der Waals surface area contributed by atoms with Crippen LogP contribution >= 0.6 is 0 Å². The fourth-order valence-corrected chi connectivity index (χ4v) is 2.96. The van der Waals surface area contributed by atoms with Crippen molar-refractivity contribution >= 4 is 9.84 Å². The zero-order valence-corrected chi connectivity index (χ0v) is 9.13. The molecule has 1 aromatic carbocycles. The van der Waals surface area contributed by atoms with Crippen LogP contribution in [0.15, 0.2) is 29.2 Å². The van der Waals surface area contributed by atoms with E-state index in [9.17, 15) is 12.8 Å². The van der Waals surface area contributed by atoms with Crippen LogP contribution in [0, 0.1) is 11.7 Å². The predicted octanol–water partition coefficient (Wildman–Crippen LogP) is 2.40. The molecule has 0 saturated heterocycles. The number of hydrogen-bond acceptors (Lipinski definition) is 2. The van der Waals surface area contributed by atoms with E-state index in [1.54, 1.807) is 0 Å². The Balaban J connectivity index is 2.12. The van der Waals surface area contributed by atoms with Gasteiger partial charge < -0.3 is 0 Å². The number of rotatable bonds is 4. The van der Waals surface area contributed by atoms with E-state index in [1.165, 1.54) is 18.2 Å². The van der Waals surface area contributed by atoms with Crippen LogP contribution in [0.25, 0.3) is 0 Å². The summed E-state index contributed by atoms with van der Waals surface area (Å²) >= 11 is 0. The van der Waals surface area contributed by atoms with E-state index in [1.807, 2.05) is 0 Å². The molecule has 2 nitrogen and oxygen atoms in total. The van der Waals surface area contributed by atoms with Gasteiger partial charge in [0, 0.05) is 0 Å². The first-order valence-electron chi connectivity index (χ1n) is 5.06. The molecule has 0 aliphatic heterocycles. The normalized spacial score (nSPS) is 16.6. The van der Waals surface area contributed by atoms with Gasteiger partial charge in [-0.05, 0) is 30.5 Å². The van der Waals surface area contributed by atoms with Crippen LogP contribution in [0.4, 0.5) is 4.39 Å². The Hall–Kier alpha value is -0.900. The Bertz CT molecular complexity index is 449. The lowest BCUT2D eigenvalue weighted by Crippen LogP contribution is -2.07. The van der Waals surface area contributed by atoms with Crippen molar-refractivity contribution < 1.29 is 12.8 Å². The maximum atomic E-state index is 12.8. The molecular weight excluding hydrogens is 215 g/mol. The summed E-state index contributed by atoms with van der Waals surface area (Å²) in [5, 5.41) is 0. The molecule has 15 heavy (non-hydrogen) atoms. The third kappa shape index (κ3) is 2.78. The molecule has 82 valence electrons. The van der Waals surface area contributed by atoms with Gasteiger partial charge in [0.1, 0.15) is 5.82 Å². The minimum absolute atomic E-state index is 0.100. The molecular formula is C11H13FO2S. The van der Waals surface area contributed by atoms with Gasteiger partial charge in [-0.2, -0.15) is 0 Å². The summed E-state index contributed by atoms with van der Waals surface area (Å²) in [5.74, 6) is 0.219. The van der Waals surface area contributed by atoms with Crippen LogP contribution in [0.2, 0.25) is 0 Å². The SMILES string of the molecule is O=S(=O)(CCC1CC1)c1cccc(F)c1. The molecule has 0 unspecified atom stereocenters. The second kappa shape index (κ2) is 3.93. The second-order valence-corrected chi connectivity index (χ2v) is 6.12. The molecule has 4 heteroatoms. The molecule has 0 heterocycles. The van der Waals surface area contributed by atoms with Crippen molar-refractivity contribution in [3.8, 4) is 0 Å². The van der Waals surface area contributed by atoms with E-state index in [2.05, 4.69) is 0 Å². The number of halogens is 1. The van der Waals surface area contributed by atoms with Crippen LogP contribution in [0.5, 0.6) is 0 Å². The summed E-state index contributed by atoms with van der Waals surface area (Å²) in [4.78, 5) is 0.100. The second-order valence-electron chi connectivity index (χ2n) is 4.01. The zero-order chi connectivity index (χ0) is 10.9. The number of hydrogen-bond donors (Lipinski definition) is 0. The fraction of sp³-hybridized carbons (Fsp3) is 0.455. The highest BCUT2D eigenvalue weighted by molar-refractivity contribution is 7.91. The van der Waals surface area contributed by atoms with E-state index in [4.69, 9.17) is 0 Å². The number of benzene rings is 1. The third-order valence-electron chi connectivity index (χ3n) is 2.65. The van der Waals surface area contributed by atoms with Gasteiger partial charge in [0.25, 0.3) is 0 Å². The van der Waals surface area contributed by atoms with Gasteiger partial charge in [-0.1, -0.05) is 18.9 Å². The van der Waals surface area contributed by atoms with E-state index >= 15 is 0 Å². The molecule has 1 aromatic rings. The monoisotopic (exact) mass is 228 g/mol. The van der Waals surface area contributed by atoms with Gasteiger partial charge in [-0.25, -0.2) is 12.8 Å². The molecule has 1 saturated carbocycles. The zero-order valence-electron chi connectivity index (χ0n) is 8.32. The first-order chi connectivity index (χ1) is 7.08. The first-order valence-corrected chi connectivity index (χ1v) is 6.71. The maximum Gasteiger partial charge on any atom is 0.178 e. The predicted molar refractivity (Wildman–Crippen MR) is 55.8 cm³/mol. The van der Waals surface area contributed by atoms with Crippen molar-refractivity contribution in [2.75, 3.05) is 5.75 Å². The standard InChI is InChI=1S/C11H13FO2S/c12-10-2-1-3-11(8-10)15(13,14)7-6-9-4-5-9/h1-3,8-9H,4-7H2. The Morgan fingerprint density at radius 3 is 2.67 bits per heavy atom. The maximum absolute atomic E-state index is 12.8. The van der Waals surface area contributed by atoms with Gasteiger partial charge in [0.2, 0.25) is 0 Å². The molecule has 0 N–H and O–H groups in total. The minimum Gasteiger partial charge on any atom is -0.224 e. The summed E-state index contributed by atoms with van der Waals surface area (Å²) in [7, 11) is -3.28. The van der Waals surface area contributed by atoms with E-state index in [-0.39, 0.29) is 10.6 Å². The molecule has 1 aliphatic rings. The van der Waals surface area contributed by atoms with E-state index in [0.717, 1.165) is 18.9 Å². The van der Waals surface area contributed by atoms with Gasteiger partial charge >= 0.3 is 0 Å².